The minimum atomic E-state index is -0.767. The maximum atomic E-state index is 12.1. The molecule has 0 fully saturated rings. The highest BCUT2D eigenvalue weighted by molar-refractivity contribution is 5.98. The molecule has 5 heteroatoms. The van der Waals surface area contributed by atoms with E-state index in [1.165, 1.54) is 13.0 Å². The molecule has 0 heterocycles. The maximum Gasteiger partial charge on any atom is 0.274 e. The second-order valence-corrected chi connectivity index (χ2v) is 6.34. The Morgan fingerprint density at radius 3 is 2.35 bits per heavy atom. The molecule has 26 heavy (non-hydrogen) atoms. The SMILES string of the molecule is CC(=O)/C(=C/c1ccc(C)cc1)CC(C#N)c1ccc(C)cc1[N+](=O)[O-]. The Balaban J connectivity index is 2.41. The summed E-state index contributed by atoms with van der Waals surface area (Å²) >= 11 is 0. The van der Waals surface area contributed by atoms with E-state index in [4.69, 9.17) is 0 Å². The van der Waals surface area contributed by atoms with Crippen LogP contribution in [0.25, 0.3) is 6.08 Å². The highest BCUT2D eigenvalue weighted by atomic mass is 16.6. The minimum absolute atomic E-state index is 0.0882. The van der Waals surface area contributed by atoms with E-state index in [0.717, 1.165) is 16.7 Å². The molecule has 2 aromatic carbocycles. The third-order valence-corrected chi connectivity index (χ3v) is 4.21. The van der Waals surface area contributed by atoms with Crippen molar-refractivity contribution in [2.75, 3.05) is 0 Å². The average Bonchev–Trinajstić information content (AvgIpc) is 2.60. The lowest BCUT2D eigenvalue weighted by Gasteiger charge is -2.12. The molecule has 1 atom stereocenters. The van der Waals surface area contributed by atoms with E-state index in [2.05, 4.69) is 6.07 Å². The zero-order valence-corrected chi connectivity index (χ0v) is 15.0. The van der Waals surface area contributed by atoms with Gasteiger partial charge < -0.3 is 0 Å². The summed E-state index contributed by atoms with van der Waals surface area (Å²) < 4.78 is 0. The number of carbonyl (C=O) groups is 1. The first-order valence-electron chi connectivity index (χ1n) is 8.24. The zero-order chi connectivity index (χ0) is 19.3. The second-order valence-electron chi connectivity index (χ2n) is 6.34. The molecule has 2 rings (SSSR count). The van der Waals surface area contributed by atoms with E-state index in [0.29, 0.717) is 11.1 Å². The lowest BCUT2D eigenvalue weighted by atomic mass is 9.89. The number of hydrogen-bond donors (Lipinski definition) is 0. The molecule has 0 N–H and O–H groups in total. The van der Waals surface area contributed by atoms with Gasteiger partial charge in [-0.3, -0.25) is 14.9 Å². The highest BCUT2D eigenvalue weighted by Gasteiger charge is 2.24. The lowest BCUT2D eigenvalue weighted by Crippen LogP contribution is -2.06. The fourth-order valence-electron chi connectivity index (χ4n) is 2.72. The first-order chi connectivity index (χ1) is 12.3. The van der Waals surface area contributed by atoms with Gasteiger partial charge in [0.2, 0.25) is 0 Å². The number of carbonyl (C=O) groups excluding carboxylic acids is 1. The molecule has 1 unspecified atom stereocenters. The van der Waals surface area contributed by atoms with Crippen LogP contribution < -0.4 is 0 Å². The van der Waals surface area contributed by atoms with Gasteiger partial charge in [-0.05, 0) is 50.0 Å². The lowest BCUT2D eigenvalue weighted by molar-refractivity contribution is -0.385. The van der Waals surface area contributed by atoms with Gasteiger partial charge in [0, 0.05) is 11.6 Å². The van der Waals surface area contributed by atoms with Crippen LogP contribution in [0.3, 0.4) is 0 Å². The standard InChI is InChI=1S/C21H20N2O3/c1-14-4-7-17(8-5-14)11-18(16(3)24)12-19(13-22)20-9-6-15(2)10-21(20)23(25)26/h4-11,19H,12H2,1-3H3/b18-11+. The van der Waals surface area contributed by atoms with Crippen molar-refractivity contribution in [3.8, 4) is 6.07 Å². The topological polar surface area (TPSA) is 84.0 Å². The fraction of sp³-hybridized carbons (Fsp3) is 0.238. The Labute approximate surface area is 152 Å². The van der Waals surface area contributed by atoms with E-state index < -0.39 is 10.8 Å². The van der Waals surface area contributed by atoms with Crippen LogP contribution in [0.4, 0.5) is 5.69 Å². The van der Waals surface area contributed by atoms with Crippen LogP contribution in [0.2, 0.25) is 0 Å². The van der Waals surface area contributed by atoms with Crippen LogP contribution in [-0.4, -0.2) is 10.7 Å². The molecule has 0 aromatic heterocycles. The number of nitriles is 1. The summed E-state index contributed by atoms with van der Waals surface area (Å²) in [5.41, 5.74) is 3.43. The maximum absolute atomic E-state index is 12.1. The molecule has 132 valence electrons. The van der Waals surface area contributed by atoms with Gasteiger partial charge in [-0.15, -0.1) is 0 Å². The largest absolute Gasteiger partial charge is 0.295 e. The van der Waals surface area contributed by atoms with Gasteiger partial charge >= 0.3 is 0 Å². The molecule has 0 amide bonds. The summed E-state index contributed by atoms with van der Waals surface area (Å²) in [6.45, 7) is 5.18. The van der Waals surface area contributed by atoms with Gasteiger partial charge in [0.25, 0.3) is 5.69 Å². The van der Waals surface area contributed by atoms with E-state index in [1.54, 1.807) is 25.1 Å². The van der Waals surface area contributed by atoms with Crippen molar-refractivity contribution in [1.29, 1.82) is 5.26 Å². The second kappa shape index (κ2) is 8.21. The number of hydrogen-bond acceptors (Lipinski definition) is 4. The normalized spacial score (nSPS) is 12.3. The number of aryl methyl sites for hydroxylation is 2. The Morgan fingerprint density at radius 1 is 1.19 bits per heavy atom. The summed E-state index contributed by atoms with van der Waals surface area (Å²) in [6, 6.07) is 14.6. The summed E-state index contributed by atoms with van der Waals surface area (Å²) in [7, 11) is 0. The quantitative estimate of drug-likeness (QED) is 0.423. The monoisotopic (exact) mass is 348 g/mol. The predicted molar refractivity (Wildman–Crippen MR) is 101 cm³/mol. The van der Waals surface area contributed by atoms with Crippen molar-refractivity contribution >= 4 is 17.5 Å². The molecular weight excluding hydrogens is 328 g/mol. The van der Waals surface area contributed by atoms with Gasteiger partial charge in [-0.25, -0.2) is 0 Å². The summed E-state index contributed by atoms with van der Waals surface area (Å²) in [5.74, 6) is -0.919. The Kier molecular flexibility index (Phi) is 6.03. The summed E-state index contributed by atoms with van der Waals surface area (Å²) in [4.78, 5) is 22.9. The van der Waals surface area contributed by atoms with Crippen LogP contribution in [-0.2, 0) is 4.79 Å². The van der Waals surface area contributed by atoms with Crippen LogP contribution in [0, 0.1) is 35.3 Å². The predicted octanol–water partition coefficient (Wildman–Crippen LogP) is 4.88. The number of Topliss-reactive ketones (excluding diaryl/α,β-unsaturated/α-hetero) is 1. The van der Waals surface area contributed by atoms with Gasteiger partial charge in [-0.1, -0.05) is 42.0 Å². The smallest absolute Gasteiger partial charge is 0.274 e. The molecule has 2 aromatic rings. The molecule has 5 nitrogen and oxygen atoms in total. The van der Waals surface area contributed by atoms with Gasteiger partial charge in [0.1, 0.15) is 0 Å². The average molecular weight is 348 g/mol. The highest BCUT2D eigenvalue weighted by Crippen LogP contribution is 2.32. The van der Waals surface area contributed by atoms with Gasteiger partial charge in [0.05, 0.1) is 16.9 Å². The molecule has 0 saturated heterocycles. The number of nitro benzene ring substituents is 1. The zero-order valence-electron chi connectivity index (χ0n) is 15.0. The third kappa shape index (κ3) is 4.64. The van der Waals surface area contributed by atoms with Crippen molar-refractivity contribution in [2.45, 2.75) is 33.1 Å². The van der Waals surface area contributed by atoms with Crippen LogP contribution >= 0.6 is 0 Å². The molecule has 0 aliphatic carbocycles. The van der Waals surface area contributed by atoms with Crippen molar-refractivity contribution in [3.05, 3.63) is 80.4 Å². The minimum Gasteiger partial charge on any atom is -0.295 e. The summed E-state index contributed by atoms with van der Waals surface area (Å²) in [6.07, 6.45) is 1.87. The van der Waals surface area contributed by atoms with Gasteiger partial charge in [0.15, 0.2) is 5.78 Å². The number of rotatable bonds is 6. The molecule has 0 saturated carbocycles. The summed E-state index contributed by atoms with van der Waals surface area (Å²) in [5, 5.41) is 20.9. The Morgan fingerprint density at radius 2 is 1.81 bits per heavy atom. The molecule has 0 bridgehead atoms. The van der Waals surface area contributed by atoms with Gasteiger partial charge in [-0.2, -0.15) is 5.26 Å². The Bertz CT molecular complexity index is 906. The first kappa shape index (κ1) is 19.1. The number of nitro groups is 1. The molecule has 0 aliphatic heterocycles. The number of nitrogens with zero attached hydrogens (tertiary/aromatic N) is 2. The molecule has 0 radical (unpaired) electrons. The van der Waals surface area contributed by atoms with E-state index in [1.807, 2.05) is 31.2 Å². The van der Waals surface area contributed by atoms with Crippen molar-refractivity contribution in [3.63, 3.8) is 0 Å². The Hall–Kier alpha value is -3.26. The van der Waals surface area contributed by atoms with E-state index >= 15 is 0 Å². The van der Waals surface area contributed by atoms with E-state index in [-0.39, 0.29) is 17.9 Å². The number of benzene rings is 2. The molecule has 0 aliphatic rings. The van der Waals surface area contributed by atoms with Crippen LogP contribution in [0.15, 0.2) is 48.0 Å². The van der Waals surface area contributed by atoms with Crippen molar-refractivity contribution in [1.82, 2.24) is 0 Å². The molecular formula is C21H20N2O3. The first-order valence-corrected chi connectivity index (χ1v) is 8.24. The van der Waals surface area contributed by atoms with Crippen molar-refractivity contribution in [2.24, 2.45) is 0 Å². The third-order valence-electron chi connectivity index (χ3n) is 4.21. The number of ketones is 1. The van der Waals surface area contributed by atoms with Crippen LogP contribution in [0.5, 0.6) is 0 Å². The molecule has 0 spiro atoms. The van der Waals surface area contributed by atoms with E-state index in [9.17, 15) is 20.2 Å². The fourth-order valence-corrected chi connectivity index (χ4v) is 2.72. The van der Waals surface area contributed by atoms with Crippen LogP contribution in [0.1, 0.15) is 41.5 Å². The van der Waals surface area contributed by atoms with Crippen molar-refractivity contribution < 1.29 is 9.72 Å². The number of allylic oxidation sites excluding steroid dienone is 1.